The van der Waals surface area contributed by atoms with Crippen LogP contribution in [0.1, 0.15) is 24.8 Å². The minimum absolute atomic E-state index is 0.0529. The Bertz CT molecular complexity index is 488. The van der Waals surface area contributed by atoms with Crippen LogP contribution in [0.2, 0.25) is 0 Å². The Morgan fingerprint density at radius 2 is 2.19 bits per heavy atom. The lowest BCUT2D eigenvalue weighted by Crippen LogP contribution is -2.41. The summed E-state index contributed by atoms with van der Waals surface area (Å²) in [4.78, 5) is 0. The second kappa shape index (κ2) is 6.65. The molecule has 3 rings (SSSR count). The van der Waals surface area contributed by atoms with Gasteiger partial charge in [0.05, 0.1) is 32.0 Å². The molecule has 5 heteroatoms. The molecule has 2 heterocycles. The number of hydrogen-bond acceptors (Lipinski definition) is 4. The van der Waals surface area contributed by atoms with Crippen LogP contribution in [-0.4, -0.2) is 38.5 Å². The fourth-order valence-electron chi connectivity index (χ4n) is 3.21. The van der Waals surface area contributed by atoms with Gasteiger partial charge < -0.3 is 19.5 Å². The normalized spacial score (nSPS) is 24.4. The van der Waals surface area contributed by atoms with Gasteiger partial charge >= 0.3 is 0 Å². The molecule has 4 nitrogen and oxygen atoms in total. The van der Waals surface area contributed by atoms with E-state index in [0.29, 0.717) is 13.2 Å². The van der Waals surface area contributed by atoms with Gasteiger partial charge in [-0.05, 0) is 44.1 Å². The molecular weight excluding hydrogens is 334 g/mol. The highest BCUT2D eigenvalue weighted by Crippen LogP contribution is 2.35. The first kappa shape index (κ1) is 15.3. The number of benzene rings is 1. The zero-order chi connectivity index (χ0) is 14.7. The van der Waals surface area contributed by atoms with Crippen molar-refractivity contribution < 1.29 is 14.2 Å². The molecule has 1 N–H and O–H groups in total. The van der Waals surface area contributed by atoms with Crippen molar-refractivity contribution in [3.63, 3.8) is 0 Å². The summed E-state index contributed by atoms with van der Waals surface area (Å²) in [5.41, 5.74) is 1.12. The fourth-order valence-corrected chi connectivity index (χ4v) is 3.62. The van der Waals surface area contributed by atoms with Crippen molar-refractivity contribution in [2.45, 2.75) is 37.6 Å². The molecular formula is C16H22BrNO3. The van der Waals surface area contributed by atoms with E-state index in [1.807, 2.05) is 12.1 Å². The third kappa shape index (κ3) is 3.59. The van der Waals surface area contributed by atoms with Gasteiger partial charge in [-0.25, -0.2) is 0 Å². The number of piperidine rings is 1. The van der Waals surface area contributed by atoms with E-state index < -0.39 is 0 Å². The van der Waals surface area contributed by atoms with Crippen molar-refractivity contribution in [3.05, 3.63) is 28.2 Å². The Hall–Kier alpha value is -0.620. The molecule has 116 valence electrons. The summed E-state index contributed by atoms with van der Waals surface area (Å²) in [5.74, 6) is 0.869. The number of halogens is 1. The van der Waals surface area contributed by atoms with Crippen LogP contribution in [0.4, 0.5) is 0 Å². The van der Waals surface area contributed by atoms with Crippen molar-refractivity contribution in [1.82, 2.24) is 5.32 Å². The highest BCUT2D eigenvalue weighted by Gasteiger charge is 2.41. The summed E-state index contributed by atoms with van der Waals surface area (Å²) in [6.07, 6.45) is 3.37. The van der Waals surface area contributed by atoms with E-state index in [-0.39, 0.29) is 11.7 Å². The zero-order valence-electron chi connectivity index (χ0n) is 12.4. The SMILES string of the molecule is COc1ccc(Br)cc1COC1COC2(CCNCC2)C1. The topological polar surface area (TPSA) is 39.7 Å². The molecule has 2 aliphatic rings. The Balaban J connectivity index is 1.57. The summed E-state index contributed by atoms with van der Waals surface area (Å²) in [6.45, 7) is 3.36. The number of rotatable bonds is 4. The van der Waals surface area contributed by atoms with E-state index in [2.05, 4.69) is 27.3 Å². The van der Waals surface area contributed by atoms with Gasteiger partial charge in [0, 0.05) is 16.5 Å². The maximum Gasteiger partial charge on any atom is 0.124 e. The maximum atomic E-state index is 6.07. The average Bonchev–Trinajstić information content (AvgIpc) is 2.89. The van der Waals surface area contributed by atoms with Crippen LogP contribution in [0.25, 0.3) is 0 Å². The van der Waals surface area contributed by atoms with Gasteiger partial charge in [-0.1, -0.05) is 15.9 Å². The van der Waals surface area contributed by atoms with Gasteiger partial charge in [0.25, 0.3) is 0 Å². The number of methoxy groups -OCH3 is 1. The molecule has 0 saturated carbocycles. The molecule has 0 aromatic heterocycles. The van der Waals surface area contributed by atoms with Crippen molar-refractivity contribution >= 4 is 15.9 Å². The fraction of sp³-hybridized carbons (Fsp3) is 0.625. The lowest BCUT2D eigenvalue weighted by molar-refractivity contribution is -0.0241. The molecule has 1 atom stereocenters. The minimum atomic E-state index is 0.0529. The van der Waals surface area contributed by atoms with Crippen LogP contribution < -0.4 is 10.1 Å². The lowest BCUT2D eigenvalue weighted by Gasteiger charge is -2.32. The predicted octanol–water partition coefficient (Wildman–Crippen LogP) is 2.89. The molecule has 1 aromatic rings. The standard InChI is InChI=1S/C16H22BrNO3/c1-19-15-3-2-13(17)8-12(15)10-20-14-9-16(21-11-14)4-6-18-7-5-16/h2-3,8,14,18H,4-7,9-11H2,1H3. The monoisotopic (exact) mass is 355 g/mol. The van der Waals surface area contributed by atoms with E-state index in [9.17, 15) is 0 Å². The van der Waals surface area contributed by atoms with Gasteiger partial charge in [-0.2, -0.15) is 0 Å². The molecule has 2 fully saturated rings. The highest BCUT2D eigenvalue weighted by atomic mass is 79.9. The summed E-state index contributed by atoms with van der Waals surface area (Å²) < 4.78 is 18.6. The molecule has 0 radical (unpaired) electrons. The summed E-state index contributed by atoms with van der Waals surface area (Å²) in [7, 11) is 1.69. The van der Waals surface area contributed by atoms with Crippen LogP contribution in [0.15, 0.2) is 22.7 Å². The third-order valence-corrected chi connectivity index (χ3v) is 4.90. The smallest absolute Gasteiger partial charge is 0.124 e. The number of nitrogens with one attached hydrogen (secondary N) is 1. The largest absolute Gasteiger partial charge is 0.496 e. The molecule has 1 unspecified atom stereocenters. The molecule has 21 heavy (non-hydrogen) atoms. The second-order valence-corrected chi connectivity index (χ2v) is 6.75. The quantitative estimate of drug-likeness (QED) is 0.901. The van der Waals surface area contributed by atoms with Crippen LogP contribution in [0.5, 0.6) is 5.75 Å². The Labute approximate surface area is 134 Å². The first-order chi connectivity index (χ1) is 10.2. The number of hydrogen-bond donors (Lipinski definition) is 1. The van der Waals surface area contributed by atoms with Gasteiger partial charge in [-0.15, -0.1) is 0 Å². The van der Waals surface area contributed by atoms with E-state index in [1.54, 1.807) is 7.11 Å². The highest BCUT2D eigenvalue weighted by molar-refractivity contribution is 9.10. The minimum Gasteiger partial charge on any atom is -0.496 e. The van der Waals surface area contributed by atoms with Gasteiger partial charge in [-0.3, -0.25) is 0 Å². The van der Waals surface area contributed by atoms with Gasteiger partial charge in [0.15, 0.2) is 0 Å². The molecule has 0 aliphatic carbocycles. The molecule has 2 saturated heterocycles. The van der Waals surface area contributed by atoms with E-state index in [4.69, 9.17) is 14.2 Å². The average molecular weight is 356 g/mol. The first-order valence-corrected chi connectivity index (χ1v) is 8.29. The van der Waals surface area contributed by atoms with E-state index in [1.165, 1.54) is 0 Å². The van der Waals surface area contributed by atoms with Crippen LogP contribution >= 0.6 is 15.9 Å². The Kier molecular flexibility index (Phi) is 4.84. The molecule has 1 aromatic carbocycles. The van der Waals surface area contributed by atoms with Crippen molar-refractivity contribution in [3.8, 4) is 5.75 Å². The predicted molar refractivity (Wildman–Crippen MR) is 84.7 cm³/mol. The Morgan fingerprint density at radius 3 is 2.95 bits per heavy atom. The first-order valence-electron chi connectivity index (χ1n) is 7.49. The van der Waals surface area contributed by atoms with E-state index >= 15 is 0 Å². The molecule has 1 spiro atoms. The lowest BCUT2D eigenvalue weighted by atomic mass is 9.89. The van der Waals surface area contributed by atoms with Crippen molar-refractivity contribution in [1.29, 1.82) is 0 Å². The second-order valence-electron chi connectivity index (χ2n) is 5.84. The Morgan fingerprint density at radius 1 is 1.38 bits per heavy atom. The van der Waals surface area contributed by atoms with Crippen LogP contribution in [-0.2, 0) is 16.1 Å². The van der Waals surface area contributed by atoms with Crippen molar-refractivity contribution in [2.24, 2.45) is 0 Å². The third-order valence-electron chi connectivity index (χ3n) is 4.41. The van der Waals surface area contributed by atoms with Crippen LogP contribution in [0, 0.1) is 0 Å². The number of ether oxygens (including phenoxy) is 3. The van der Waals surface area contributed by atoms with E-state index in [0.717, 1.165) is 48.1 Å². The zero-order valence-corrected chi connectivity index (χ0v) is 13.9. The maximum absolute atomic E-state index is 6.07. The van der Waals surface area contributed by atoms with Crippen molar-refractivity contribution in [2.75, 3.05) is 26.8 Å². The van der Waals surface area contributed by atoms with Gasteiger partial charge in [0.2, 0.25) is 0 Å². The molecule has 2 aliphatic heterocycles. The van der Waals surface area contributed by atoms with Crippen LogP contribution in [0.3, 0.4) is 0 Å². The summed E-state index contributed by atoms with van der Waals surface area (Å²) in [5, 5.41) is 3.39. The summed E-state index contributed by atoms with van der Waals surface area (Å²) in [6, 6.07) is 5.99. The molecule has 0 bridgehead atoms. The molecule has 0 amide bonds. The summed E-state index contributed by atoms with van der Waals surface area (Å²) >= 11 is 3.49. The van der Waals surface area contributed by atoms with Gasteiger partial charge in [0.1, 0.15) is 5.75 Å².